The lowest BCUT2D eigenvalue weighted by Crippen LogP contribution is -2.33. The van der Waals surface area contributed by atoms with E-state index in [9.17, 15) is 19.1 Å². The lowest BCUT2D eigenvalue weighted by atomic mass is 10.0. The number of anilines is 2. The average molecular weight is 389 g/mol. The summed E-state index contributed by atoms with van der Waals surface area (Å²) in [6.07, 6.45) is 1.19. The summed E-state index contributed by atoms with van der Waals surface area (Å²) in [7, 11) is 1.54. The van der Waals surface area contributed by atoms with Crippen molar-refractivity contribution in [3.8, 4) is 0 Å². The molecule has 0 radical (unpaired) electrons. The van der Waals surface area contributed by atoms with E-state index in [1.54, 1.807) is 26.1 Å². The number of carbonyl (C=O) groups excluding carboxylic acids is 1. The predicted octanol–water partition coefficient (Wildman–Crippen LogP) is 2.11. The van der Waals surface area contributed by atoms with Gasteiger partial charge in [-0.1, -0.05) is 6.07 Å². The Bertz CT molecular complexity index is 969. The number of aromatic nitrogens is 1. The first kappa shape index (κ1) is 20.0. The van der Waals surface area contributed by atoms with Crippen molar-refractivity contribution in [3.63, 3.8) is 0 Å². The summed E-state index contributed by atoms with van der Waals surface area (Å²) < 4.78 is 15.7. The smallest absolute Gasteiger partial charge is 0.278 e. The molecule has 1 heterocycles. The standard InChI is InChI=1S/C20H24FN3O4/c1-11-7-8-16(15(21)9-11)22-18-17(19(26)23-28-10-12(2)25)13-5-4-6-14(13)20(27)24(18)3/h7-9,12,22,25H,4-6,10H2,1-3H3,(H,23,26). The minimum atomic E-state index is -0.745. The highest BCUT2D eigenvalue weighted by atomic mass is 19.1. The third-order valence-electron chi connectivity index (χ3n) is 4.75. The van der Waals surface area contributed by atoms with Crippen LogP contribution in [0, 0.1) is 12.7 Å². The molecule has 1 aliphatic carbocycles. The van der Waals surface area contributed by atoms with E-state index in [1.165, 1.54) is 17.6 Å². The highest BCUT2D eigenvalue weighted by Crippen LogP contribution is 2.30. The van der Waals surface area contributed by atoms with E-state index in [4.69, 9.17) is 4.84 Å². The molecule has 0 saturated carbocycles. The number of aryl methyl sites for hydroxylation is 1. The van der Waals surface area contributed by atoms with Crippen molar-refractivity contribution < 1.29 is 19.1 Å². The van der Waals surface area contributed by atoms with E-state index in [0.717, 1.165) is 12.0 Å². The second-order valence-electron chi connectivity index (χ2n) is 7.10. The second kappa shape index (κ2) is 8.12. The normalized spacial score (nSPS) is 13.9. The molecule has 1 aliphatic rings. The van der Waals surface area contributed by atoms with E-state index >= 15 is 0 Å². The van der Waals surface area contributed by atoms with Crippen LogP contribution in [0.4, 0.5) is 15.9 Å². The van der Waals surface area contributed by atoms with Crippen LogP contribution in [0.1, 0.15) is 40.4 Å². The highest BCUT2D eigenvalue weighted by molar-refractivity contribution is 6.01. The molecule has 1 aromatic carbocycles. The van der Waals surface area contributed by atoms with E-state index < -0.39 is 17.8 Å². The zero-order chi connectivity index (χ0) is 20.4. The number of benzene rings is 1. The lowest BCUT2D eigenvalue weighted by molar-refractivity contribution is -0.00689. The number of halogens is 1. The van der Waals surface area contributed by atoms with Crippen LogP contribution in [0.5, 0.6) is 0 Å². The Labute approximate surface area is 162 Å². The molecule has 1 aromatic heterocycles. The summed E-state index contributed by atoms with van der Waals surface area (Å²) >= 11 is 0. The fraction of sp³-hybridized carbons (Fsp3) is 0.400. The molecule has 150 valence electrons. The van der Waals surface area contributed by atoms with Crippen LogP contribution in [0.3, 0.4) is 0 Å². The number of pyridine rings is 1. The van der Waals surface area contributed by atoms with E-state index in [1.807, 2.05) is 0 Å². The van der Waals surface area contributed by atoms with Crippen molar-refractivity contribution in [2.45, 2.75) is 39.2 Å². The molecule has 3 N–H and O–H groups in total. The third-order valence-corrected chi connectivity index (χ3v) is 4.75. The fourth-order valence-corrected chi connectivity index (χ4v) is 3.39. The van der Waals surface area contributed by atoms with Crippen LogP contribution in [-0.4, -0.2) is 28.3 Å². The van der Waals surface area contributed by atoms with Crippen LogP contribution in [-0.2, 0) is 24.7 Å². The first-order valence-corrected chi connectivity index (χ1v) is 9.17. The minimum Gasteiger partial charge on any atom is -0.391 e. The topological polar surface area (TPSA) is 92.6 Å². The van der Waals surface area contributed by atoms with Gasteiger partial charge in [0.05, 0.1) is 17.4 Å². The number of nitrogens with one attached hydrogen (secondary N) is 2. The molecular formula is C20H24FN3O4. The van der Waals surface area contributed by atoms with Crippen LogP contribution in [0.25, 0.3) is 0 Å². The van der Waals surface area contributed by atoms with Gasteiger partial charge in [0.15, 0.2) is 0 Å². The maximum absolute atomic E-state index is 14.4. The summed E-state index contributed by atoms with van der Waals surface area (Å²) in [4.78, 5) is 30.6. The zero-order valence-electron chi connectivity index (χ0n) is 16.1. The van der Waals surface area contributed by atoms with Crippen molar-refractivity contribution in [3.05, 3.63) is 56.6 Å². The Hall–Kier alpha value is -2.71. The van der Waals surface area contributed by atoms with Crippen molar-refractivity contribution in [2.24, 2.45) is 7.05 Å². The number of amides is 1. The Kier molecular flexibility index (Phi) is 5.81. The summed E-state index contributed by atoms with van der Waals surface area (Å²) in [5.74, 6) is -0.833. The molecule has 28 heavy (non-hydrogen) atoms. The Balaban J connectivity index is 2.06. The number of aliphatic hydroxyl groups excluding tert-OH is 1. The number of carbonyl (C=O) groups is 1. The van der Waals surface area contributed by atoms with Gasteiger partial charge in [-0.05, 0) is 56.4 Å². The molecule has 3 rings (SSSR count). The molecule has 0 aliphatic heterocycles. The molecular weight excluding hydrogens is 365 g/mol. The first-order valence-electron chi connectivity index (χ1n) is 9.17. The van der Waals surface area contributed by atoms with E-state index in [2.05, 4.69) is 10.8 Å². The summed E-state index contributed by atoms with van der Waals surface area (Å²) in [5, 5.41) is 12.2. The molecule has 8 heteroatoms. The highest BCUT2D eigenvalue weighted by Gasteiger charge is 2.28. The van der Waals surface area contributed by atoms with Crippen molar-refractivity contribution in [1.29, 1.82) is 0 Å². The molecule has 1 unspecified atom stereocenters. The number of rotatable bonds is 6. The summed E-state index contributed by atoms with van der Waals surface area (Å²) in [6, 6.07) is 4.68. The van der Waals surface area contributed by atoms with Gasteiger partial charge in [-0.15, -0.1) is 0 Å². The zero-order valence-corrected chi connectivity index (χ0v) is 16.1. The van der Waals surface area contributed by atoms with Gasteiger partial charge in [0.25, 0.3) is 11.5 Å². The third kappa shape index (κ3) is 3.93. The van der Waals surface area contributed by atoms with Crippen LogP contribution >= 0.6 is 0 Å². The minimum absolute atomic E-state index is 0.0744. The average Bonchev–Trinajstić information content (AvgIpc) is 3.10. The lowest BCUT2D eigenvalue weighted by Gasteiger charge is -2.20. The number of hydroxylamine groups is 1. The van der Waals surface area contributed by atoms with Gasteiger partial charge in [0.2, 0.25) is 0 Å². The Morgan fingerprint density at radius 3 is 2.75 bits per heavy atom. The number of nitrogens with zero attached hydrogens (tertiary/aromatic N) is 1. The van der Waals surface area contributed by atoms with Crippen LogP contribution < -0.4 is 16.4 Å². The van der Waals surface area contributed by atoms with Crippen LogP contribution in [0.2, 0.25) is 0 Å². The number of aliphatic hydroxyl groups is 1. The maximum Gasteiger partial charge on any atom is 0.278 e. The fourth-order valence-electron chi connectivity index (χ4n) is 3.39. The molecule has 0 saturated heterocycles. The predicted molar refractivity (Wildman–Crippen MR) is 103 cm³/mol. The van der Waals surface area contributed by atoms with Crippen molar-refractivity contribution >= 4 is 17.4 Å². The van der Waals surface area contributed by atoms with Crippen molar-refractivity contribution in [1.82, 2.24) is 10.0 Å². The van der Waals surface area contributed by atoms with Gasteiger partial charge in [-0.25, -0.2) is 9.87 Å². The molecule has 1 atom stereocenters. The second-order valence-corrected chi connectivity index (χ2v) is 7.10. The molecule has 1 amide bonds. The summed E-state index contributed by atoms with van der Waals surface area (Å²) in [5.41, 5.74) is 4.52. The van der Waals surface area contributed by atoms with Gasteiger partial charge in [0, 0.05) is 12.6 Å². The van der Waals surface area contributed by atoms with Gasteiger partial charge >= 0.3 is 0 Å². The number of fused-ring (bicyclic) bond motifs is 1. The van der Waals surface area contributed by atoms with Gasteiger partial charge in [-0.2, -0.15) is 0 Å². The maximum atomic E-state index is 14.4. The SMILES string of the molecule is Cc1ccc(Nc2c(C(=O)NOCC(C)O)c3c(c(=O)n2C)CCC3)c(F)c1. The molecule has 7 nitrogen and oxygen atoms in total. The molecule has 0 bridgehead atoms. The molecule has 0 fully saturated rings. The van der Waals surface area contributed by atoms with E-state index in [0.29, 0.717) is 24.0 Å². The molecule has 0 spiro atoms. The number of hydrogen-bond acceptors (Lipinski definition) is 5. The van der Waals surface area contributed by atoms with Gasteiger partial charge < -0.3 is 10.4 Å². The van der Waals surface area contributed by atoms with Crippen LogP contribution in [0.15, 0.2) is 23.0 Å². The summed E-state index contributed by atoms with van der Waals surface area (Å²) in [6.45, 7) is 3.23. The van der Waals surface area contributed by atoms with Crippen molar-refractivity contribution in [2.75, 3.05) is 11.9 Å². The Morgan fingerprint density at radius 1 is 1.36 bits per heavy atom. The Morgan fingerprint density at radius 2 is 2.07 bits per heavy atom. The molecule has 2 aromatic rings. The first-order chi connectivity index (χ1) is 13.3. The van der Waals surface area contributed by atoms with Gasteiger partial charge in [0.1, 0.15) is 18.2 Å². The van der Waals surface area contributed by atoms with E-state index in [-0.39, 0.29) is 29.2 Å². The largest absolute Gasteiger partial charge is 0.391 e. The number of hydrogen-bond donors (Lipinski definition) is 3. The monoisotopic (exact) mass is 389 g/mol. The van der Waals surface area contributed by atoms with Gasteiger partial charge in [-0.3, -0.25) is 19.0 Å². The quantitative estimate of drug-likeness (QED) is 0.658.